The lowest BCUT2D eigenvalue weighted by molar-refractivity contribution is 0.633. The van der Waals surface area contributed by atoms with Crippen LogP contribution in [-0.2, 0) is 0 Å². The normalized spacial score (nSPS) is 17.4. The molecule has 0 saturated heterocycles. The van der Waals surface area contributed by atoms with E-state index in [4.69, 9.17) is 28.9 Å². The molecule has 0 aromatic heterocycles. The highest BCUT2D eigenvalue weighted by atomic mass is 35.5. The molecule has 2 rings (SSSR count). The SMILES string of the molecule is Cl.N[C@H](c1cc(Cl)cc(Cl)c1)C1CC1. The Hall–Kier alpha value is 0.0500. The second kappa shape index (κ2) is 4.71. The third-order valence-electron chi connectivity index (χ3n) is 2.40. The molecule has 1 aromatic carbocycles. The molecule has 14 heavy (non-hydrogen) atoms. The minimum Gasteiger partial charge on any atom is -0.324 e. The van der Waals surface area contributed by atoms with E-state index in [1.807, 2.05) is 12.1 Å². The van der Waals surface area contributed by atoms with E-state index in [1.165, 1.54) is 12.8 Å². The van der Waals surface area contributed by atoms with Crippen LogP contribution in [0.25, 0.3) is 0 Å². The zero-order valence-corrected chi connectivity index (χ0v) is 9.87. The molecule has 1 fully saturated rings. The van der Waals surface area contributed by atoms with Crippen molar-refractivity contribution in [3.05, 3.63) is 33.8 Å². The fourth-order valence-electron chi connectivity index (χ4n) is 1.50. The maximum Gasteiger partial charge on any atom is 0.0424 e. The van der Waals surface area contributed by atoms with Gasteiger partial charge in [0, 0.05) is 16.1 Å². The van der Waals surface area contributed by atoms with E-state index in [9.17, 15) is 0 Å². The monoisotopic (exact) mass is 251 g/mol. The summed E-state index contributed by atoms with van der Waals surface area (Å²) in [5.41, 5.74) is 7.08. The van der Waals surface area contributed by atoms with E-state index >= 15 is 0 Å². The van der Waals surface area contributed by atoms with Crippen molar-refractivity contribution in [2.45, 2.75) is 18.9 Å². The van der Waals surface area contributed by atoms with Crippen LogP contribution >= 0.6 is 35.6 Å². The molecule has 4 heteroatoms. The summed E-state index contributed by atoms with van der Waals surface area (Å²) in [5, 5.41) is 1.33. The first kappa shape index (κ1) is 12.1. The molecule has 78 valence electrons. The van der Waals surface area contributed by atoms with E-state index in [2.05, 4.69) is 0 Å². The van der Waals surface area contributed by atoms with Gasteiger partial charge in [0.05, 0.1) is 0 Å². The highest BCUT2D eigenvalue weighted by Gasteiger charge is 2.29. The topological polar surface area (TPSA) is 26.0 Å². The van der Waals surface area contributed by atoms with Crippen LogP contribution in [0.2, 0.25) is 10.0 Å². The molecule has 2 N–H and O–H groups in total. The standard InChI is InChI=1S/C10H11Cl2N.ClH/c11-8-3-7(4-9(12)5-8)10(13)6-1-2-6;/h3-6,10H,1-2,13H2;1H/t10-;/m0./s1. The van der Waals surface area contributed by atoms with Gasteiger partial charge >= 0.3 is 0 Å². The Balaban J connectivity index is 0.000000980. The van der Waals surface area contributed by atoms with Gasteiger partial charge in [-0.1, -0.05) is 23.2 Å². The van der Waals surface area contributed by atoms with Gasteiger partial charge in [0.25, 0.3) is 0 Å². The summed E-state index contributed by atoms with van der Waals surface area (Å²) < 4.78 is 0. The summed E-state index contributed by atoms with van der Waals surface area (Å²) in [6.07, 6.45) is 2.45. The summed E-state index contributed by atoms with van der Waals surface area (Å²) in [7, 11) is 0. The van der Waals surface area contributed by atoms with Crippen molar-refractivity contribution >= 4 is 35.6 Å². The maximum absolute atomic E-state index is 6.02. The summed E-state index contributed by atoms with van der Waals surface area (Å²) in [4.78, 5) is 0. The Morgan fingerprint density at radius 1 is 1.14 bits per heavy atom. The lowest BCUT2D eigenvalue weighted by Gasteiger charge is -2.11. The van der Waals surface area contributed by atoms with Crippen LogP contribution in [0.4, 0.5) is 0 Å². The van der Waals surface area contributed by atoms with Crippen molar-refractivity contribution in [3.63, 3.8) is 0 Å². The number of nitrogens with two attached hydrogens (primary N) is 1. The smallest absolute Gasteiger partial charge is 0.0424 e. The van der Waals surface area contributed by atoms with E-state index in [0.29, 0.717) is 16.0 Å². The molecule has 1 aliphatic rings. The van der Waals surface area contributed by atoms with E-state index < -0.39 is 0 Å². The van der Waals surface area contributed by atoms with Gasteiger partial charge in [-0.3, -0.25) is 0 Å². The second-order valence-electron chi connectivity index (χ2n) is 3.57. The van der Waals surface area contributed by atoms with E-state index in [-0.39, 0.29) is 18.4 Å². The lowest BCUT2D eigenvalue weighted by atomic mass is 10.0. The Kier molecular flexibility index (Phi) is 4.08. The van der Waals surface area contributed by atoms with Crippen LogP contribution in [0.1, 0.15) is 24.4 Å². The molecule has 0 unspecified atom stereocenters. The van der Waals surface area contributed by atoms with Gasteiger partial charge in [0.2, 0.25) is 0 Å². The number of hydrogen-bond donors (Lipinski definition) is 1. The molecule has 1 aromatic rings. The molecule has 1 atom stereocenters. The Bertz CT molecular complexity index is 303. The molecule has 0 amide bonds. The Morgan fingerprint density at radius 2 is 1.64 bits per heavy atom. The number of rotatable bonds is 2. The van der Waals surface area contributed by atoms with Crippen LogP contribution in [-0.4, -0.2) is 0 Å². The summed E-state index contributed by atoms with van der Waals surface area (Å²) in [6.45, 7) is 0. The quantitative estimate of drug-likeness (QED) is 0.851. The van der Waals surface area contributed by atoms with Gasteiger partial charge < -0.3 is 5.73 Å². The fourth-order valence-corrected chi connectivity index (χ4v) is 2.04. The first-order valence-electron chi connectivity index (χ1n) is 4.38. The average Bonchev–Trinajstić information content (AvgIpc) is 2.83. The maximum atomic E-state index is 6.02. The highest BCUT2D eigenvalue weighted by Crippen LogP contribution is 2.40. The second-order valence-corrected chi connectivity index (χ2v) is 4.44. The minimum absolute atomic E-state index is 0. The number of benzene rings is 1. The predicted octanol–water partition coefficient (Wildman–Crippen LogP) is 3.83. The van der Waals surface area contributed by atoms with Crippen molar-refractivity contribution in [2.24, 2.45) is 11.7 Å². The largest absolute Gasteiger partial charge is 0.324 e. The predicted molar refractivity (Wildman–Crippen MR) is 63.4 cm³/mol. The van der Waals surface area contributed by atoms with E-state index in [0.717, 1.165) is 5.56 Å². The molecule has 0 radical (unpaired) electrons. The fraction of sp³-hybridized carbons (Fsp3) is 0.400. The highest BCUT2D eigenvalue weighted by molar-refractivity contribution is 6.34. The average molecular weight is 253 g/mol. The molecule has 0 heterocycles. The van der Waals surface area contributed by atoms with Crippen molar-refractivity contribution in [1.29, 1.82) is 0 Å². The molecule has 0 spiro atoms. The zero-order chi connectivity index (χ0) is 9.42. The Labute approximate surface area is 100.0 Å². The van der Waals surface area contributed by atoms with Crippen molar-refractivity contribution in [1.82, 2.24) is 0 Å². The van der Waals surface area contributed by atoms with Crippen LogP contribution in [0.5, 0.6) is 0 Å². The lowest BCUT2D eigenvalue weighted by Crippen LogP contribution is -2.12. The third-order valence-corrected chi connectivity index (χ3v) is 2.84. The zero-order valence-electron chi connectivity index (χ0n) is 7.54. The first-order chi connectivity index (χ1) is 6.16. The van der Waals surface area contributed by atoms with Crippen LogP contribution in [0, 0.1) is 5.92 Å². The molecule has 1 saturated carbocycles. The minimum atomic E-state index is 0. The molecule has 0 bridgehead atoms. The van der Waals surface area contributed by atoms with Crippen molar-refractivity contribution in [2.75, 3.05) is 0 Å². The van der Waals surface area contributed by atoms with Gasteiger partial charge in [-0.25, -0.2) is 0 Å². The molecule has 0 aliphatic heterocycles. The third kappa shape index (κ3) is 2.77. The summed E-state index contributed by atoms with van der Waals surface area (Å²) in [6, 6.07) is 5.63. The van der Waals surface area contributed by atoms with Crippen LogP contribution in [0.15, 0.2) is 18.2 Å². The van der Waals surface area contributed by atoms with Crippen molar-refractivity contribution in [3.8, 4) is 0 Å². The molecular formula is C10H12Cl3N. The Morgan fingerprint density at radius 3 is 2.07 bits per heavy atom. The van der Waals surface area contributed by atoms with Crippen LogP contribution < -0.4 is 5.73 Å². The van der Waals surface area contributed by atoms with Gasteiger partial charge in [0.1, 0.15) is 0 Å². The van der Waals surface area contributed by atoms with Gasteiger partial charge in [-0.15, -0.1) is 12.4 Å². The summed E-state index contributed by atoms with van der Waals surface area (Å²) >= 11 is 11.8. The summed E-state index contributed by atoms with van der Waals surface area (Å²) in [5.74, 6) is 0.634. The van der Waals surface area contributed by atoms with E-state index in [1.54, 1.807) is 6.07 Å². The first-order valence-corrected chi connectivity index (χ1v) is 5.14. The molecular weight excluding hydrogens is 240 g/mol. The van der Waals surface area contributed by atoms with Crippen molar-refractivity contribution < 1.29 is 0 Å². The number of hydrogen-bond acceptors (Lipinski definition) is 1. The molecule has 1 nitrogen and oxygen atoms in total. The van der Waals surface area contributed by atoms with Crippen LogP contribution in [0.3, 0.4) is 0 Å². The van der Waals surface area contributed by atoms with Gasteiger partial charge in [0.15, 0.2) is 0 Å². The van der Waals surface area contributed by atoms with Gasteiger partial charge in [-0.05, 0) is 42.5 Å². The molecule has 1 aliphatic carbocycles. The van der Waals surface area contributed by atoms with Gasteiger partial charge in [-0.2, -0.15) is 0 Å². The number of halogens is 3.